The third-order valence-electron chi connectivity index (χ3n) is 6.11. The Morgan fingerprint density at radius 2 is 1.79 bits per heavy atom. The predicted octanol–water partition coefficient (Wildman–Crippen LogP) is 4.05. The van der Waals surface area contributed by atoms with Gasteiger partial charge in [-0.2, -0.15) is 5.10 Å². The number of methoxy groups -OCH3 is 1. The van der Waals surface area contributed by atoms with Gasteiger partial charge in [0.2, 0.25) is 0 Å². The quantitative estimate of drug-likeness (QED) is 0.881. The van der Waals surface area contributed by atoms with Gasteiger partial charge in [-0.3, -0.25) is 4.99 Å². The van der Waals surface area contributed by atoms with E-state index in [1.54, 1.807) is 13.3 Å². The molecule has 2 aromatic rings. The van der Waals surface area contributed by atoms with Crippen LogP contribution in [0.1, 0.15) is 48.0 Å². The maximum Gasteiger partial charge on any atom is 0.188 e. The van der Waals surface area contributed by atoms with Crippen LogP contribution in [0, 0.1) is 0 Å². The lowest BCUT2D eigenvalue weighted by Crippen LogP contribution is -2.43. The average molecular weight is 372 g/mol. The number of rotatable bonds is 4. The minimum atomic E-state index is -0.146. The summed E-state index contributed by atoms with van der Waals surface area (Å²) in [4.78, 5) is 5.02. The molecule has 5 rings (SSSR count). The number of ether oxygens (including phenoxy) is 1. The number of aliphatic imine (C=N–C) groups is 1. The van der Waals surface area contributed by atoms with Crippen molar-refractivity contribution in [2.75, 3.05) is 7.11 Å². The lowest BCUT2D eigenvalue weighted by molar-refractivity contribution is 0.253. The molecule has 1 fully saturated rings. The van der Waals surface area contributed by atoms with E-state index in [2.05, 4.69) is 53.6 Å². The van der Waals surface area contributed by atoms with Crippen molar-refractivity contribution in [3.05, 3.63) is 83.1 Å². The monoisotopic (exact) mass is 372 g/mol. The second-order valence-electron chi connectivity index (χ2n) is 7.73. The van der Waals surface area contributed by atoms with Crippen molar-refractivity contribution in [3.63, 3.8) is 0 Å². The molecule has 0 spiro atoms. The van der Waals surface area contributed by atoms with E-state index >= 15 is 0 Å². The smallest absolute Gasteiger partial charge is 0.188 e. The van der Waals surface area contributed by atoms with E-state index < -0.39 is 0 Å². The molecule has 0 saturated heterocycles. The van der Waals surface area contributed by atoms with Crippen LogP contribution in [0.2, 0.25) is 0 Å². The molecule has 0 aromatic heterocycles. The molecule has 1 aliphatic carbocycles. The zero-order valence-corrected chi connectivity index (χ0v) is 16.0. The fraction of sp³-hybridized carbons (Fsp3) is 0.304. The molecule has 0 radical (unpaired) electrons. The normalized spacial score (nSPS) is 24.9. The molecule has 0 amide bonds. The Morgan fingerprint density at radius 3 is 2.43 bits per heavy atom. The number of fused-ring (bicyclic) bond motifs is 1. The van der Waals surface area contributed by atoms with Gasteiger partial charge in [-0.25, -0.2) is 5.01 Å². The molecule has 28 heavy (non-hydrogen) atoms. The number of hydrogen-bond donors (Lipinski definition) is 1. The number of benzene rings is 2. The zero-order chi connectivity index (χ0) is 19.1. The number of hydrogen-bond acceptors (Lipinski definition) is 5. The van der Waals surface area contributed by atoms with Gasteiger partial charge < -0.3 is 10.5 Å². The molecule has 2 unspecified atom stereocenters. The second-order valence-corrected chi connectivity index (χ2v) is 7.73. The van der Waals surface area contributed by atoms with E-state index in [4.69, 9.17) is 15.5 Å². The molecule has 0 bridgehead atoms. The van der Waals surface area contributed by atoms with E-state index in [9.17, 15) is 0 Å². The number of amidine groups is 1. The van der Waals surface area contributed by atoms with Gasteiger partial charge in [0.15, 0.2) is 11.6 Å². The van der Waals surface area contributed by atoms with Crippen LogP contribution >= 0.6 is 0 Å². The van der Waals surface area contributed by atoms with Crippen LogP contribution in [0.3, 0.4) is 0 Å². The van der Waals surface area contributed by atoms with E-state index in [1.165, 1.54) is 17.5 Å². The molecule has 5 nitrogen and oxygen atoms in total. The van der Waals surface area contributed by atoms with Crippen LogP contribution in [0.5, 0.6) is 0 Å². The molecule has 2 heterocycles. The summed E-state index contributed by atoms with van der Waals surface area (Å²) in [6.07, 6.45) is 6.97. The van der Waals surface area contributed by atoms with Crippen molar-refractivity contribution in [1.82, 2.24) is 5.01 Å². The van der Waals surface area contributed by atoms with Crippen molar-refractivity contribution in [3.8, 4) is 0 Å². The van der Waals surface area contributed by atoms with E-state index in [-0.39, 0.29) is 17.6 Å². The Bertz CT molecular complexity index is 958. The first-order chi connectivity index (χ1) is 13.7. The van der Waals surface area contributed by atoms with Crippen molar-refractivity contribution >= 4 is 12.1 Å². The molecular formula is C23H24N4O. The van der Waals surface area contributed by atoms with Gasteiger partial charge in [0.25, 0.3) is 0 Å². The summed E-state index contributed by atoms with van der Waals surface area (Å²) in [6.45, 7) is 0. The summed E-state index contributed by atoms with van der Waals surface area (Å²) >= 11 is 0. The Morgan fingerprint density at radius 1 is 1.04 bits per heavy atom. The fourth-order valence-electron chi connectivity index (χ4n) is 4.33. The van der Waals surface area contributed by atoms with Gasteiger partial charge in [0.05, 0.1) is 13.3 Å². The van der Waals surface area contributed by atoms with Crippen molar-refractivity contribution < 1.29 is 4.74 Å². The predicted molar refractivity (Wildman–Crippen MR) is 111 cm³/mol. The van der Waals surface area contributed by atoms with E-state index in [0.29, 0.717) is 0 Å². The molecule has 5 heteroatoms. The molecule has 1 saturated carbocycles. The van der Waals surface area contributed by atoms with Gasteiger partial charge in [0.1, 0.15) is 12.1 Å². The summed E-state index contributed by atoms with van der Waals surface area (Å²) in [7, 11) is 1.67. The Hall–Kier alpha value is -2.92. The molecule has 2 N–H and O–H groups in total. The average Bonchev–Trinajstić information content (AvgIpc) is 3.12. The fourth-order valence-corrected chi connectivity index (χ4v) is 4.33. The van der Waals surface area contributed by atoms with Gasteiger partial charge in [0, 0.05) is 11.6 Å². The first-order valence-corrected chi connectivity index (χ1v) is 9.79. The largest absolute Gasteiger partial charge is 0.493 e. The summed E-state index contributed by atoms with van der Waals surface area (Å²) in [6, 6.07) is 19.0. The Kier molecular flexibility index (Phi) is 4.05. The standard InChI is InChI=1S/C23H24N4O/c1-28-19-12-15-25-27-21(17-6-3-2-4-7-17)20(26-22(19)27)16-8-10-18(11-9-16)23(24)13-5-14-23/h2-4,6-12,15,20-21H,5,13-14,24H2,1H3. The molecule has 2 atom stereocenters. The third-order valence-corrected chi connectivity index (χ3v) is 6.11. The molecule has 3 aliphatic rings. The lowest BCUT2D eigenvalue weighted by Gasteiger charge is -2.38. The minimum absolute atomic E-state index is 0.00677. The van der Waals surface area contributed by atoms with Crippen LogP contribution in [-0.2, 0) is 10.3 Å². The van der Waals surface area contributed by atoms with E-state index in [1.807, 2.05) is 17.2 Å². The van der Waals surface area contributed by atoms with Gasteiger partial charge in [-0.1, -0.05) is 54.6 Å². The highest BCUT2D eigenvalue weighted by Crippen LogP contribution is 2.45. The highest BCUT2D eigenvalue weighted by molar-refractivity contribution is 6.03. The first kappa shape index (κ1) is 17.2. The molecule has 2 aliphatic heterocycles. The summed E-state index contributed by atoms with van der Waals surface area (Å²) < 4.78 is 5.54. The minimum Gasteiger partial charge on any atom is -0.493 e. The molecular weight excluding hydrogens is 348 g/mol. The van der Waals surface area contributed by atoms with Crippen molar-refractivity contribution in [2.45, 2.75) is 36.9 Å². The van der Waals surface area contributed by atoms with Crippen LogP contribution in [0.4, 0.5) is 0 Å². The van der Waals surface area contributed by atoms with Crippen molar-refractivity contribution in [2.24, 2.45) is 15.8 Å². The summed E-state index contributed by atoms with van der Waals surface area (Å²) in [5, 5.41) is 6.58. The topological polar surface area (TPSA) is 63.2 Å². The van der Waals surface area contributed by atoms with Crippen LogP contribution in [0.15, 0.2) is 76.5 Å². The van der Waals surface area contributed by atoms with E-state index in [0.717, 1.165) is 30.0 Å². The van der Waals surface area contributed by atoms with Crippen LogP contribution in [-0.4, -0.2) is 24.2 Å². The molecule has 2 aromatic carbocycles. The lowest BCUT2D eigenvalue weighted by atomic mass is 9.72. The first-order valence-electron chi connectivity index (χ1n) is 9.79. The zero-order valence-electron chi connectivity index (χ0n) is 16.0. The highest BCUT2D eigenvalue weighted by atomic mass is 16.5. The third kappa shape index (κ3) is 2.66. The summed E-state index contributed by atoms with van der Waals surface area (Å²) in [5.74, 6) is 1.52. The highest BCUT2D eigenvalue weighted by Gasteiger charge is 2.41. The van der Waals surface area contributed by atoms with Crippen molar-refractivity contribution in [1.29, 1.82) is 0 Å². The molecule has 142 valence electrons. The SMILES string of the molecule is COC1=CC=NN2C1=NC(c1ccc(C3(N)CCC3)cc1)C2c1ccccc1. The van der Waals surface area contributed by atoms with Crippen LogP contribution in [0.25, 0.3) is 0 Å². The van der Waals surface area contributed by atoms with Crippen LogP contribution < -0.4 is 5.73 Å². The number of allylic oxidation sites excluding steroid dienone is 1. The van der Waals surface area contributed by atoms with Gasteiger partial charge >= 0.3 is 0 Å². The Labute approximate surface area is 165 Å². The van der Waals surface area contributed by atoms with Gasteiger partial charge in [-0.15, -0.1) is 0 Å². The Balaban J connectivity index is 1.55. The summed E-state index contributed by atoms with van der Waals surface area (Å²) in [5.41, 5.74) is 9.91. The maximum atomic E-state index is 6.50. The number of hydrazone groups is 1. The van der Waals surface area contributed by atoms with Gasteiger partial charge in [-0.05, 0) is 36.0 Å². The second kappa shape index (κ2) is 6.60. The number of nitrogens with zero attached hydrogens (tertiary/aromatic N) is 3. The maximum absolute atomic E-state index is 6.50. The number of nitrogens with two attached hydrogens (primary N) is 1.